The lowest BCUT2D eigenvalue weighted by atomic mass is 9.72. The molecule has 3 aromatic carbocycles. The van der Waals surface area contributed by atoms with Crippen molar-refractivity contribution in [1.82, 2.24) is 4.90 Å². The van der Waals surface area contributed by atoms with Crippen LogP contribution in [0.1, 0.15) is 42.4 Å². The number of esters is 1. The Labute approximate surface area is 195 Å². The van der Waals surface area contributed by atoms with Crippen LogP contribution in [0.2, 0.25) is 0 Å². The summed E-state index contributed by atoms with van der Waals surface area (Å²) in [5.41, 5.74) is 2.28. The Morgan fingerprint density at radius 2 is 1.52 bits per heavy atom. The van der Waals surface area contributed by atoms with Crippen LogP contribution >= 0.6 is 0 Å². The quantitative estimate of drug-likeness (QED) is 0.543. The fraction of sp³-hybridized carbons (Fsp3) is 0.345. The van der Waals surface area contributed by atoms with Crippen LogP contribution in [0.25, 0.3) is 0 Å². The van der Waals surface area contributed by atoms with Crippen molar-refractivity contribution in [3.63, 3.8) is 0 Å². The van der Waals surface area contributed by atoms with Crippen LogP contribution in [0.3, 0.4) is 0 Å². The summed E-state index contributed by atoms with van der Waals surface area (Å²) in [6.45, 7) is 0.969. The van der Waals surface area contributed by atoms with Crippen molar-refractivity contribution in [2.75, 3.05) is 0 Å². The molecule has 4 heteroatoms. The molecule has 0 radical (unpaired) electrons. The highest BCUT2D eigenvalue weighted by Gasteiger charge is 2.51. The molecule has 1 aliphatic heterocycles. The first kappa shape index (κ1) is 21.9. The molecule has 170 valence electrons. The predicted molar refractivity (Wildman–Crippen MR) is 128 cm³/mol. The Hall–Kier alpha value is -2.95. The average molecular weight is 442 g/mol. The number of rotatable bonds is 6. The summed E-state index contributed by atoms with van der Waals surface area (Å²) < 4.78 is 5.78. The molecular formula is C29H31NO3. The van der Waals surface area contributed by atoms with Gasteiger partial charge in [-0.15, -0.1) is 0 Å². The molecule has 5 rings (SSSR count). The monoisotopic (exact) mass is 441 g/mol. The molecule has 0 spiro atoms. The largest absolute Gasteiger partial charge is 0.460 e. The molecule has 1 saturated carbocycles. The highest BCUT2D eigenvalue weighted by atomic mass is 16.5. The van der Waals surface area contributed by atoms with Crippen LogP contribution in [0.4, 0.5) is 0 Å². The van der Waals surface area contributed by atoms with Crippen molar-refractivity contribution in [3.05, 3.63) is 108 Å². The molecule has 2 aliphatic rings. The summed E-state index contributed by atoms with van der Waals surface area (Å²) in [7, 11) is 0. The summed E-state index contributed by atoms with van der Waals surface area (Å²) in [5, 5.41) is 11.6. The van der Waals surface area contributed by atoms with Crippen LogP contribution in [0.15, 0.2) is 91.0 Å². The van der Waals surface area contributed by atoms with Gasteiger partial charge >= 0.3 is 5.97 Å². The first-order chi connectivity index (χ1) is 16.1. The van der Waals surface area contributed by atoms with Gasteiger partial charge in [-0.05, 0) is 48.3 Å². The van der Waals surface area contributed by atoms with Crippen LogP contribution < -0.4 is 0 Å². The highest BCUT2D eigenvalue weighted by Crippen LogP contribution is 2.48. The number of ether oxygens (including phenoxy) is 1. The van der Waals surface area contributed by atoms with Crippen molar-refractivity contribution >= 4 is 5.97 Å². The van der Waals surface area contributed by atoms with E-state index in [0.29, 0.717) is 25.5 Å². The van der Waals surface area contributed by atoms with Crippen LogP contribution in [0.5, 0.6) is 0 Å². The van der Waals surface area contributed by atoms with Gasteiger partial charge in [-0.25, -0.2) is 0 Å². The number of fused-ring (bicyclic) bond motifs is 1. The summed E-state index contributed by atoms with van der Waals surface area (Å²) in [5.74, 6) is 0.222. The summed E-state index contributed by atoms with van der Waals surface area (Å²) in [6.07, 6.45) is 3.06. The molecule has 0 amide bonds. The molecule has 33 heavy (non-hydrogen) atoms. The zero-order chi connectivity index (χ0) is 22.7. The second-order valence-electron chi connectivity index (χ2n) is 9.47. The normalized spacial score (nSPS) is 27.1. The Balaban J connectivity index is 1.38. The Morgan fingerprint density at radius 1 is 0.909 bits per heavy atom. The number of likely N-dealkylation sites (tertiary alicyclic amines) is 1. The first-order valence-corrected chi connectivity index (χ1v) is 11.9. The maximum Gasteiger partial charge on any atom is 0.323 e. The lowest BCUT2D eigenvalue weighted by Gasteiger charge is -2.42. The standard InChI is InChI=1S/C29H31NO3/c31-28(33-21-23-12-6-2-7-13-23)26-18-24-16-17-29(32,25-14-8-3-9-15-25)19-27(24)30(26)20-22-10-4-1-5-11-22/h1-15,24,26-27,32H,16-21H2. The highest BCUT2D eigenvalue weighted by molar-refractivity contribution is 5.76. The molecule has 0 aromatic heterocycles. The summed E-state index contributed by atoms with van der Waals surface area (Å²) in [4.78, 5) is 15.6. The van der Waals surface area contributed by atoms with E-state index >= 15 is 0 Å². The van der Waals surface area contributed by atoms with Gasteiger partial charge in [0.2, 0.25) is 0 Å². The minimum absolute atomic E-state index is 0.137. The lowest BCUT2D eigenvalue weighted by molar-refractivity contribution is -0.151. The van der Waals surface area contributed by atoms with Gasteiger partial charge in [-0.3, -0.25) is 9.69 Å². The Bertz CT molecular complexity index is 1060. The van der Waals surface area contributed by atoms with Gasteiger partial charge in [0, 0.05) is 12.6 Å². The number of carbonyl (C=O) groups excluding carboxylic acids is 1. The van der Waals surface area contributed by atoms with E-state index in [1.807, 2.05) is 78.9 Å². The van der Waals surface area contributed by atoms with E-state index in [2.05, 4.69) is 17.0 Å². The second-order valence-corrected chi connectivity index (χ2v) is 9.47. The molecule has 3 aromatic rings. The smallest absolute Gasteiger partial charge is 0.323 e. The van der Waals surface area contributed by atoms with Gasteiger partial charge in [0.1, 0.15) is 12.6 Å². The van der Waals surface area contributed by atoms with Gasteiger partial charge in [0.05, 0.1) is 5.60 Å². The molecule has 1 N–H and O–H groups in total. The third-order valence-corrected chi connectivity index (χ3v) is 7.39. The number of hydrogen-bond acceptors (Lipinski definition) is 4. The molecule has 4 unspecified atom stereocenters. The molecule has 1 saturated heterocycles. The number of benzene rings is 3. The second kappa shape index (κ2) is 9.50. The molecule has 4 nitrogen and oxygen atoms in total. The SMILES string of the molecule is O=C(OCc1ccccc1)C1CC2CCC(O)(c3ccccc3)CC2N1Cc1ccccc1. The third kappa shape index (κ3) is 4.73. The lowest BCUT2D eigenvalue weighted by Crippen LogP contribution is -2.47. The predicted octanol–water partition coefficient (Wildman–Crippen LogP) is 5.06. The van der Waals surface area contributed by atoms with Crippen LogP contribution in [0, 0.1) is 5.92 Å². The van der Waals surface area contributed by atoms with Crippen molar-refractivity contribution in [2.45, 2.75) is 56.5 Å². The molecular weight excluding hydrogens is 410 g/mol. The molecule has 2 fully saturated rings. The maximum absolute atomic E-state index is 13.3. The number of hydrogen-bond donors (Lipinski definition) is 1. The number of aliphatic hydroxyl groups is 1. The van der Waals surface area contributed by atoms with Gasteiger partial charge in [0.25, 0.3) is 0 Å². The molecule has 1 heterocycles. The van der Waals surface area contributed by atoms with E-state index in [4.69, 9.17) is 4.74 Å². The zero-order valence-corrected chi connectivity index (χ0v) is 18.8. The topological polar surface area (TPSA) is 49.8 Å². The van der Waals surface area contributed by atoms with Gasteiger partial charge in [-0.2, -0.15) is 0 Å². The van der Waals surface area contributed by atoms with Crippen LogP contribution in [-0.4, -0.2) is 28.1 Å². The van der Waals surface area contributed by atoms with Crippen molar-refractivity contribution in [3.8, 4) is 0 Å². The van der Waals surface area contributed by atoms with Crippen molar-refractivity contribution < 1.29 is 14.6 Å². The fourth-order valence-corrected chi connectivity index (χ4v) is 5.64. The zero-order valence-electron chi connectivity index (χ0n) is 18.8. The van der Waals surface area contributed by atoms with E-state index in [1.54, 1.807) is 0 Å². The minimum atomic E-state index is -0.861. The van der Waals surface area contributed by atoms with Crippen molar-refractivity contribution in [2.24, 2.45) is 5.92 Å². The summed E-state index contributed by atoms with van der Waals surface area (Å²) >= 11 is 0. The van der Waals surface area contributed by atoms with Gasteiger partial charge in [-0.1, -0.05) is 91.0 Å². The van der Waals surface area contributed by atoms with E-state index in [-0.39, 0.29) is 18.1 Å². The van der Waals surface area contributed by atoms with Crippen LogP contribution in [-0.2, 0) is 28.3 Å². The maximum atomic E-state index is 13.3. The molecule has 4 atom stereocenters. The van der Waals surface area contributed by atoms with Gasteiger partial charge in [0.15, 0.2) is 0 Å². The molecule has 0 bridgehead atoms. The van der Waals surface area contributed by atoms with E-state index in [1.165, 1.54) is 5.56 Å². The van der Waals surface area contributed by atoms with Crippen molar-refractivity contribution in [1.29, 1.82) is 0 Å². The Morgan fingerprint density at radius 3 is 2.18 bits per heavy atom. The minimum Gasteiger partial charge on any atom is -0.460 e. The van der Waals surface area contributed by atoms with E-state index < -0.39 is 5.60 Å². The fourth-order valence-electron chi connectivity index (χ4n) is 5.64. The van der Waals surface area contributed by atoms with Gasteiger partial charge < -0.3 is 9.84 Å². The van der Waals surface area contributed by atoms with E-state index in [0.717, 1.165) is 30.4 Å². The first-order valence-electron chi connectivity index (χ1n) is 11.9. The van der Waals surface area contributed by atoms with E-state index in [9.17, 15) is 9.90 Å². The number of carbonyl (C=O) groups is 1. The third-order valence-electron chi connectivity index (χ3n) is 7.39. The Kier molecular flexibility index (Phi) is 6.30. The molecule has 1 aliphatic carbocycles. The average Bonchev–Trinajstić information content (AvgIpc) is 3.21. The number of nitrogens with zero attached hydrogens (tertiary/aromatic N) is 1. The summed E-state index contributed by atoms with van der Waals surface area (Å²) in [6, 6.07) is 29.9.